The van der Waals surface area contributed by atoms with Crippen LogP contribution in [0.25, 0.3) is 0 Å². The van der Waals surface area contributed by atoms with Crippen molar-refractivity contribution in [3.63, 3.8) is 0 Å². The van der Waals surface area contributed by atoms with Crippen molar-refractivity contribution in [1.82, 2.24) is 14.3 Å². The van der Waals surface area contributed by atoms with E-state index in [0.29, 0.717) is 6.54 Å². The highest BCUT2D eigenvalue weighted by Gasteiger charge is 2.22. The summed E-state index contributed by atoms with van der Waals surface area (Å²) in [5, 5.41) is 2.42. The number of carbonyl (C=O) groups is 1. The predicted octanol–water partition coefficient (Wildman–Crippen LogP) is 0.725. The van der Waals surface area contributed by atoms with E-state index >= 15 is 0 Å². The lowest BCUT2D eigenvalue weighted by Gasteiger charge is -2.13. The minimum Gasteiger partial charge on any atom is -0.337 e. The van der Waals surface area contributed by atoms with E-state index in [1.54, 1.807) is 0 Å². The number of carbonyl (C=O) groups excluding carboxylic acids is 1. The van der Waals surface area contributed by atoms with Crippen molar-refractivity contribution in [2.24, 2.45) is 0 Å². The molecule has 0 aliphatic rings. The number of nitrogens with zero attached hydrogens (tertiary/aromatic N) is 1. The molecule has 2 N–H and O–H groups in total. The number of amides is 2. The first-order valence-corrected chi connectivity index (χ1v) is 9.87. The van der Waals surface area contributed by atoms with Gasteiger partial charge in [0.2, 0.25) is 10.0 Å². The quantitative estimate of drug-likeness (QED) is 0.693. The Hall–Kier alpha value is -1.65. The van der Waals surface area contributed by atoms with E-state index in [1.165, 1.54) is 32.3 Å². The molecule has 0 saturated heterocycles. The van der Waals surface area contributed by atoms with E-state index < -0.39 is 26.1 Å². The van der Waals surface area contributed by atoms with Gasteiger partial charge in [0, 0.05) is 20.6 Å². The van der Waals surface area contributed by atoms with Gasteiger partial charge in [0.1, 0.15) is 0 Å². The van der Waals surface area contributed by atoms with Gasteiger partial charge >= 0.3 is 6.03 Å². The second kappa shape index (κ2) is 7.75. The van der Waals surface area contributed by atoms with Gasteiger partial charge in [0.25, 0.3) is 10.0 Å². The molecule has 10 heteroatoms. The van der Waals surface area contributed by atoms with E-state index in [2.05, 4.69) is 5.32 Å². The molecule has 0 atom stereocenters. The summed E-state index contributed by atoms with van der Waals surface area (Å²) in [5.74, 6) is 0. The highest BCUT2D eigenvalue weighted by molar-refractivity contribution is 7.90. The van der Waals surface area contributed by atoms with Crippen LogP contribution in [0.4, 0.5) is 4.79 Å². The maximum absolute atomic E-state index is 12.1. The molecule has 130 valence electrons. The highest BCUT2D eigenvalue weighted by Crippen LogP contribution is 2.17. The zero-order valence-corrected chi connectivity index (χ0v) is 14.9. The van der Waals surface area contributed by atoms with Gasteiger partial charge in [-0.3, -0.25) is 0 Å². The number of sulfonamides is 2. The molecule has 8 nitrogen and oxygen atoms in total. The fourth-order valence-corrected chi connectivity index (χ4v) is 3.60. The van der Waals surface area contributed by atoms with Crippen molar-refractivity contribution in [3.05, 3.63) is 24.3 Å². The summed E-state index contributed by atoms with van der Waals surface area (Å²) in [5.41, 5.74) is 0. The van der Waals surface area contributed by atoms with Crippen molar-refractivity contribution in [1.29, 1.82) is 0 Å². The average Bonchev–Trinajstić information content (AvgIpc) is 2.47. The highest BCUT2D eigenvalue weighted by atomic mass is 32.2. The van der Waals surface area contributed by atoms with Gasteiger partial charge in [-0.25, -0.2) is 30.7 Å². The molecule has 0 bridgehead atoms. The predicted molar refractivity (Wildman–Crippen MR) is 85.9 cm³/mol. The molecule has 0 radical (unpaired) electrons. The topological polar surface area (TPSA) is 113 Å². The van der Waals surface area contributed by atoms with E-state index in [-0.39, 0.29) is 9.79 Å². The van der Waals surface area contributed by atoms with Crippen LogP contribution in [0.2, 0.25) is 0 Å². The molecule has 0 aliphatic heterocycles. The molecule has 0 unspecified atom stereocenters. The third-order valence-corrected chi connectivity index (χ3v) is 6.08. The Balaban J connectivity index is 3.00. The summed E-state index contributed by atoms with van der Waals surface area (Å²) in [6.45, 7) is 2.29. The first-order chi connectivity index (χ1) is 10.6. The van der Waals surface area contributed by atoms with Crippen LogP contribution in [-0.2, 0) is 20.0 Å². The van der Waals surface area contributed by atoms with Crippen LogP contribution in [0.3, 0.4) is 0 Å². The average molecular weight is 363 g/mol. The maximum Gasteiger partial charge on any atom is 0.328 e. The van der Waals surface area contributed by atoms with Crippen LogP contribution >= 0.6 is 0 Å². The Morgan fingerprint density at radius 2 is 1.74 bits per heavy atom. The Bertz CT molecular complexity index is 758. The number of hydrogen-bond acceptors (Lipinski definition) is 5. The molecule has 1 rings (SSSR count). The van der Waals surface area contributed by atoms with Crippen LogP contribution < -0.4 is 10.0 Å². The first-order valence-electron chi connectivity index (χ1n) is 6.94. The van der Waals surface area contributed by atoms with Gasteiger partial charge in [0.15, 0.2) is 0 Å². The number of hydrogen-bond donors (Lipinski definition) is 2. The molecule has 1 aromatic rings. The van der Waals surface area contributed by atoms with Gasteiger partial charge in [-0.05, 0) is 24.6 Å². The molecular formula is C13H21N3O5S2. The monoisotopic (exact) mass is 363 g/mol. The molecule has 0 spiro atoms. The van der Waals surface area contributed by atoms with Crippen molar-refractivity contribution >= 4 is 26.1 Å². The standard InChI is InChI=1S/C13H21N3O5S2/c1-4-5-9-14-13(17)15-22(18,19)11-7-6-8-12(10-11)23(20,21)16(2)3/h6-8,10H,4-5,9H2,1-3H3,(H2,14,15,17). The van der Waals surface area contributed by atoms with Crippen molar-refractivity contribution < 1.29 is 21.6 Å². The van der Waals surface area contributed by atoms with Crippen LogP contribution in [0, 0.1) is 0 Å². The lowest BCUT2D eigenvalue weighted by Crippen LogP contribution is -2.39. The van der Waals surface area contributed by atoms with Crippen LogP contribution in [0.5, 0.6) is 0 Å². The van der Waals surface area contributed by atoms with Crippen LogP contribution in [-0.4, -0.2) is 47.8 Å². The first kappa shape index (κ1) is 19.4. The van der Waals surface area contributed by atoms with Crippen LogP contribution in [0.15, 0.2) is 34.1 Å². The molecule has 1 aromatic carbocycles. The van der Waals surface area contributed by atoms with E-state index in [9.17, 15) is 21.6 Å². The zero-order valence-electron chi connectivity index (χ0n) is 13.2. The number of nitrogens with one attached hydrogen (secondary N) is 2. The second-order valence-corrected chi connectivity index (χ2v) is 8.81. The largest absolute Gasteiger partial charge is 0.337 e. The van der Waals surface area contributed by atoms with Gasteiger partial charge in [-0.15, -0.1) is 0 Å². The van der Waals surface area contributed by atoms with Crippen molar-refractivity contribution in [2.45, 2.75) is 29.6 Å². The van der Waals surface area contributed by atoms with Gasteiger partial charge in [-0.1, -0.05) is 19.4 Å². The van der Waals surface area contributed by atoms with E-state index in [1.807, 2.05) is 11.6 Å². The molecule has 0 aromatic heterocycles. The zero-order chi connectivity index (χ0) is 17.7. The fraction of sp³-hybridized carbons (Fsp3) is 0.462. The third kappa shape index (κ3) is 5.19. The summed E-state index contributed by atoms with van der Waals surface area (Å²) < 4.78 is 51.2. The van der Waals surface area contributed by atoms with Gasteiger partial charge < -0.3 is 5.32 Å². The van der Waals surface area contributed by atoms with E-state index in [0.717, 1.165) is 23.2 Å². The maximum atomic E-state index is 12.1. The van der Waals surface area contributed by atoms with Gasteiger partial charge in [-0.2, -0.15) is 0 Å². The summed E-state index contributed by atoms with van der Waals surface area (Å²) in [6.07, 6.45) is 1.58. The summed E-state index contributed by atoms with van der Waals surface area (Å²) in [7, 11) is -5.23. The number of unbranched alkanes of at least 4 members (excludes halogenated alkanes) is 1. The molecule has 0 saturated carbocycles. The molecule has 2 amide bonds. The number of benzene rings is 1. The molecule has 0 heterocycles. The lowest BCUT2D eigenvalue weighted by molar-refractivity contribution is 0.245. The minimum absolute atomic E-state index is 0.170. The van der Waals surface area contributed by atoms with Gasteiger partial charge in [0.05, 0.1) is 9.79 Å². The Kier molecular flexibility index (Phi) is 6.54. The summed E-state index contributed by atoms with van der Waals surface area (Å²) >= 11 is 0. The number of rotatable bonds is 7. The SMILES string of the molecule is CCCCNC(=O)NS(=O)(=O)c1cccc(S(=O)(=O)N(C)C)c1. The second-order valence-electron chi connectivity index (χ2n) is 4.98. The fourth-order valence-electron chi connectivity index (χ4n) is 1.61. The third-order valence-electron chi connectivity index (χ3n) is 2.94. The normalized spacial score (nSPS) is 12.2. The minimum atomic E-state index is -4.15. The number of urea groups is 1. The van der Waals surface area contributed by atoms with Crippen molar-refractivity contribution in [2.75, 3.05) is 20.6 Å². The molecule has 0 aliphatic carbocycles. The van der Waals surface area contributed by atoms with Crippen LogP contribution in [0.1, 0.15) is 19.8 Å². The van der Waals surface area contributed by atoms with E-state index in [4.69, 9.17) is 0 Å². The molecule has 0 fully saturated rings. The summed E-state index contributed by atoms with van der Waals surface area (Å²) in [4.78, 5) is 11.1. The lowest BCUT2D eigenvalue weighted by atomic mass is 10.3. The Labute approximate surface area is 137 Å². The molecular weight excluding hydrogens is 342 g/mol. The molecule has 23 heavy (non-hydrogen) atoms. The Morgan fingerprint density at radius 1 is 1.13 bits per heavy atom. The Morgan fingerprint density at radius 3 is 2.30 bits per heavy atom. The van der Waals surface area contributed by atoms with Crippen molar-refractivity contribution in [3.8, 4) is 0 Å². The summed E-state index contributed by atoms with van der Waals surface area (Å²) in [6, 6.07) is 3.97. The smallest absolute Gasteiger partial charge is 0.328 e.